The van der Waals surface area contributed by atoms with Crippen molar-refractivity contribution in [2.24, 2.45) is 0 Å². The van der Waals surface area contributed by atoms with Gasteiger partial charge in [-0.05, 0) is 61.7 Å². The molecule has 2 aromatic carbocycles. The van der Waals surface area contributed by atoms with Gasteiger partial charge in [0.1, 0.15) is 6.33 Å². The molecule has 1 aliphatic heterocycles. The van der Waals surface area contributed by atoms with Gasteiger partial charge in [0.2, 0.25) is 0 Å². The van der Waals surface area contributed by atoms with Crippen molar-refractivity contribution in [3.05, 3.63) is 89.2 Å². The number of aromatic amines is 1. The van der Waals surface area contributed by atoms with E-state index >= 15 is 0 Å². The van der Waals surface area contributed by atoms with E-state index in [-0.39, 0.29) is 5.56 Å². The van der Waals surface area contributed by atoms with E-state index in [4.69, 9.17) is 0 Å². The van der Waals surface area contributed by atoms with Crippen molar-refractivity contribution in [2.75, 3.05) is 37.6 Å². The number of aromatic nitrogens is 3. The van der Waals surface area contributed by atoms with Crippen molar-refractivity contribution in [2.45, 2.75) is 19.3 Å². The van der Waals surface area contributed by atoms with Gasteiger partial charge in [-0.25, -0.2) is 4.98 Å². The lowest BCUT2D eigenvalue weighted by Crippen LogP contribution is -2.46. The summed E-state index contributed by atoms with van der Waals surface area (Å²) in [6, 6.07) is 18.2. The molecule has 1 saturated heterocycles. The van der Waals surface area contributed by atoms with Gasteiger partial charge in [0, 0.05) is 61.2 Å². The molecule has 0 aliphatic carbocycles. The van der Waals surface area contributed by atoms with Crippen molar-refractivity contribution in [1.29, 1.82) is 0 Å². The molecule has 1 N–H and O–H groups in total. The van der Waals surface area contributed by atoms with Crippen molar-refractivity contribution in [3.63, 3.8) is 0 Å². The molecule has 0 amide bonds. The SMILES string of the molecule is O=c1ccncn1-c1ccc(N2CCN(CCCCc3c[nH]c4ccccc34)CC2)cc1. The van der Waals surface area contributed by atoms with Crippen molar-refractivity contribution >= 4 is 16.6 Å². The monoisotopic (exact) mass is 427 g/mol. The molecule has 0 saturated carbocycles. The standard InChI is InChI=1S/C26H29N5O/c32-26-12-13-27-20-31(26)23-10-8-22(9-11-23)30-17-15-29(16-18-30)14-4-3-5-21-19-28-25-7-2-1-6-24(21)25/h1-2,6-13,19-20,28H,3-5,14-18H2. The molecule has 2 aromatic heterocycles. The molecular formula is C26H29N5O. The highest BCUT2D eigenvalue weighted by Gasteiger charge is 2.17. The van der Waals surface area contributed by atoms with Crippen LogP contribution in [0.25, 0.3) is 16.6 Å². The Morgan fingerprint density at radius 2 is 1.66 bits per heavy atom. The number of aryl methyl sites for hydroxylation is 1. The van der Waals surface area contributed by atoms with Gasteiger partial charge in [-0.1, -0.05) is 18.2 Å². The lowest BCUT2D eigenvalue weighted by molar-refractivity contribution is 0.253. The third kappa shape index (κ3) is 4.46. The minimum absolute atomic E-state index is 0.0638. The molecule has 1 fully saturated rings. The van der Waals surface area contributed by atoms with Crippen molar-refractivity contribution < 1.29 is 0 Å². The minimum atomic E-state index is -0.0638. The second kappa shape index (κ2) is 9.40. The van der Waals surface area contributed by atoms with E-state index < -0.39 is 0 Å². The first-order chi connectivity index (χ1) is 15.8. The van der Waals surface area contributed by atoms with Crippen LogP contribution in [0.4, 0.5) is 5.69 Å². The summed E-state index contributed by atoms with van der Waals surface area (Å²) in [6.45, 7) is 5.43. The topological polar surface area (TPSA) is 57.2 Å². The van der Waals surface area contributed by atoms with Gasteiger partial charge >= 0.3 is 0 Å². The number of fused-ring (bicyclic) bond motifs is 1. The summed E-state index contributed by atoms with van der Waals surface area (Å²) >= 11 is 0. The number of piperazine rings is 1. The second-order valence-corrected chi connectivity index (χ2v) is 8.45. The van der Waals surface area contributed by atoms with Crippen LogP contribution in [0.15, 0.2) is 78.1 Å². The number of unbranched alkanes of at least 4 members (excludes halogenated alkanes) is 1. The second-order valence-electron chi connectivity index (χ2n) is 8.45. The van der Waals surface area contributed by atoms with Gasteiger partial charge in [0.05, 0.1) is 5.69 Å². The van der Waals surface area contributed by atoms with Crippen molar-refractivity contribution in [1.82, 2.24) is 19.4 Å². The molecule has 0 atom stereocenters. The maximum atomic E-state index is 12.0. The van der Waals surface area contributed by atoms with E-state index in [1.807, 2.05) is 12.1 Å². The first kappa shape index (κ1) is 20.5. The van der Waals surface area contributed by atoms with Crippen LogP contribution < -0.4 is 10.5 Å². The van der Waals surface area contributed by atoms with E-state index in [9.17, 15) is 4.79 Å². The van der Waals surface area contributed by atoms with E-state index in [0.717, 1.165) is 38.3 Å². The van der Waals surface area contributed by atoms with Crippen LogP contribution in [0.3, 0.4) is 0 Å². The van der Waals surface area contributed by atoms with E-state index in [2.05, 4.69) is 62.4 Å². The zero-order valence-corrected chi connectivity index (χ0v) is 18.3. The predicted molar refractivity (Wildman–Crippen MR) is 130 cm³/mol. The van der Waals surface area contributed by atoms with E-state index in [1.165, 1.54) is 53.8 Å². The summed E-state index contributed by atoms with van der Waals surface area (Å²) in [4.78, 5) is 24.4. The molecule has 32 heavy (non-hydrogen) atoms. The van der Waals surface area contributed by atoms with Gasteiger partial charge in [-0.3, -0.25) is 14.3 Å². The summed E-state index contributed by atoms with van der Waals surface area (Å²) in [7, 11) is 0. The van der Waals surface area contributed by atoms with Crippen LogP contribution in [0.2, 0.25) is 0 Å². The van der Waals surface area contributed by atoms with Gasteiger partial charge in [0.15, 0.2) is 0 Å². The van der Waals surface area contributed by atoms with Crippen LogP contribution in [-0.4, -0.2) is 52.2 Å². The summed E-state index contributed by atoms with van der Waals surface area (Å²) < 4.78 is 1.57. The summed E-state index contributed by atoms with van der Waals surface area (Å²) in [5, 5.41) is 1.36. The number of nitrogens with one attached hydrogen (secondary N) is 1. The molecule has 6 nitrogen and oxygen atoms in total. The van der Waals surface area contributed by atoms with Crippen LogP contribution >= 0.6 is 0 Å². The van der Waals surface area contributed by atoms with Gasteiger partial charge in [0.25, 0.3) is 5.56 Å². The normalized spacial score (nSPS) is 14.8. The molecule has 0 bridgehead atoms. The molecule has 164 valence electrons. The lowest BCUT2D eigenvalue weighted by atomic mass is 10.1. The third-order valence-corrected chi connectivity index (χ3v) is 6.43. The highest BCUT2D eigenvalue weighted by Crippen LogP contribution is 2.21. The van der Waals surface area contributed by atoms with Crippen LogP contribution in [0.1, 0.15) is 18.4 Å². The average Bonchev–Trinajstić information content (AvgIpc) is 3.26. The first-order valence-corrected chi connectivity index (χ1v) is 11.4. The zero-order chi connectivity index (χ0) is 21.8. The fourth-order valence-corrected chi connectivity index (χ4v) is 4.59. The van der Waals surface area contributed by atoms with Crippen LogP contribution in [0.5, 0.6) is 0 Å². The Bertz CT molecular complexity index is 1220. The number of benzene rings is 2. The summed E-state index contributed by atoms with van der Waals surface area (Å²) in [5.41, 5.74) is 4.66. The maximum absolute atomic E-state index is 12.0. The van der Waals surface area contributed by atoms with Crippen LogP contribution in [0, 0.1) is 0 Å². The summed E-state index contributed by atoms with van der Waals surface area (Å²) in [6.07, 6.45) is 8.84. The van der Waals surface area contributed by atoms with Crippen LogP contribution in [-0.2, 0) is 6.42 Å². The number of rotatable bonds is 7. The largest absolute Gasteiger partial charge is 0.369 e. The number of hydrogen-bond acceptors (Lipinski definition) is 4. The quantitative estimate of drug-likeness (QED) is 0.455. The number of para-hydroxylation sites is 1. The molecule has 0 radical (unpaired) electrons. The van der Waals surface area contributed by atoms with Gasteiger partial charge < -0.3 is 9.88 Å². The number of anilines is 1. The average molecular weight is 428 g/mol. The highest BCUT2D eigenvalue weighted by atomic mass is 16.1. The highest BCUT2D eigenvalue weighted by molar-refractivity contribution is 5.82. The predicted octanol–water partition coefficient (Wildman–Crippen LogP) is 3.86. The molecule has 5 rings (SSSR count). The maximum Gasteiger partial charge on any atom is 0.257 e. The number of hydrogen-bond donors (Lipinski definition) is 1. The molecular weight excluding hydrogens is 398 g/mol. The minimum Gasteiger partial charge on any atom is -0.369 e. The van der Waals surface area contributed by atoms with Gasteiger partial charge in [-0.15, -0.1) is 0 Å². The van der Waals surface area contributed by atoms with Crippen molar-refractivity contribution in [3.8, 4) is 5.69 Å². The molecule has 6 heteroatoms. The number of H-pyrrole nitrogens is 1. The lowest BCUT2D eigenvalue weighted by Gasteiger charge is -2.36. The van der Waals surface area contributed by atoms with Gasteiger partial charge in [-0.2, -0.15) is 0 Å². The third-order valence-electron chi connectivity index (χ3n) is 6.43. The smallest absolute Gasteiger partial charge is 0.257 e. The zero-order valence-electron chi connectivity index (χ0n) is 18.3. The Labute approximate surface area is 188 Å². The van der Waals surface area contributed by atoms with E-state index in [1.54, 1.807) is 10.9 Å². The fraction of sp³-hybridized carbons (Fsp3) is 0.308. The molecule has 4 aromatic rings. The Balaban J connectivity index is 1.08. The summed E-state index contributed by atoms with van der Waals surface area (Å²) in [5.74, 6) is 0. The fourth-order valence-electron chi connectivity index (χ4n) is 4.59. The number of nitrogens with zero attached hydrogens (tertiary/aromatic N) is 4. The van der Waals surface area contributed by atoms with E-state index in [0.29, 0.717) is 0 Å². The Morgan fingerprint density at radius 3 is 2.47 bits per heavy atom. The Kier molecular flexibility index (Phi) is 6.03. The molecule has 0 spiro atoms. The molecule has 0 unspecified atom stereocenters. The Hall–Kier alpha value is -3.38. The molecule has 1 aliphatic rings. The molecule has 3 heterocycles. The Morgan fingerprint density at radius 1 is 0.875 bits per heavy atom. The first-order valence-electron chi connectivity index (χ1n) is 11.4.